The van der Waals surface area contributed by atoms with Crippen molar-refractivity contribution in [3.8, 4) is 5.75 Å². The van der Waals surface area contributed by atoms with Gasteiger partial charge in [0.05, 0.1) is 7.11 Å². The monoisotopic (exact) mass is 610 g/mol. The molecule has 1 aromatic heterocycles. The number of aliphatic carboxylic acids is 1. The fourth-order valence-electron chi connectivity index (χ4n) is 6.34. The lowest BCUT2D eigenvalue weighted by Gasteiger charge is -2.33. The number of anilines is 1. The fourth-order valence-corrected chi connectivity index (χ4v) is 6.34. The topological polar surface area (TPSA) is 124 Å². The molecule has 1 heterocycles. The summed E-state index contributed by atoms with van der Waals surface area (Å²) in [5, 5.41) is 17.7. The predicted molar refractivity (Wildman–Crippen MR) is 175 cm³/mol. The molecule has 0 radical (unpaired) electrons. The smallest absolute Gasteiger partial charge is 0.326 e. The molecule has 4 N–H and O–H groups in total. The first-order chi connectivity index (χ1) is 21.8. The number of rotatable bonds is 13. The van der Waals surface area contributed by atoms with Crippen LogP contribution >= 0.6 is 0 Å². The summed E-state index contributed by atoms with van der Waals surface area (Å²) in [5.74, 6) is -1.02. The van der Waals surface area contributed by atoms with E-state index in [1.54, 1.807) is 13.3 Å². The number of hydrogen-bond donors (Lipinski definition) is 4. The van der Waals surface area contributed by atoms with Crippen LogP contribution in [0.5, 0.6) is 5.75 Å². The minimum Gasteiger partial charge on any atom is -0.497 e. The summed E-state index contributed by atoms with van der Waals surface area (Å²) < 4.78 is 5.29. The number of H-pyrrole nitrogens is 1. The maximum absolute atomic E-state index is 14.2. The Hall–Kier alpha value is -4.79. The zero-order chi connectivity index (χ0) is 31.8. The van der Waals surface area contributed by atoms with Crippen molar-refractivity contribution in [3.63, 3.8) is 0 Å². The van der Waals surface area contributed by atoms with E-state index in [9.17, 15) is 19.5 Å². The average molecular weight is 611 g/mol. The van der Waals surface area contributed by atoms with Crippen LogP contribution in [0.2, 0.25) is 0 Å². The third kappa shape index (κ3) is 7.84. The molecule has 9 nitrogen and oxygen atoms in total. The molecule has 1 fully saturated rings. The summed E-state index contributed by atoms with van der Waals surface area (Å²) in [4.78, 5) is 45.3. The molecule has 2 amide bonds. The van der Waals surface area contributed by atoms with Crippen molar-refractivity contribution in [2.45, 2.75) is 63.1 Å². The number of benzene rings is 3. The zero-order valence-corrected chi connectivity index (χ0v) is 25.9. The molecule has 1 aliphatic carbocycles. The minimum atomic E-state index is -1.13. The van der Waals surface area contributed by atoms with Crippen LogP contribution in [0.15, 0.2) is 85.1 Å². The molecule has 1 aliphatic rings. The number of fused-ring (bicyclic) bond motifs is 1. The number of carboxylic acid groups (broad SMARTS) is 1. The third-order valence-electron chi connectivity index (χ3n) is 8.90. The number of aromatic nitrogens is 1. The zero-order valence-electron chi connectivity index (χ0n) is 25.9. The Kier molecular flexibility index (Phi) is 10.4. The Morgan fingerprint density at radius 2 is 1.62 bits per heavy atom. The van der Waals surface area contributed by atoms with E-state index in [2.05, 4.69) is 15.6 Å². The molecule has 9 heteroatoms. The van der Waals surface area contributed by atoms with Crippen LogP contribution < -0.4 is 15.4 Å². The lowest BCUT2D eigenvalue weighted by Crippen LogP contribution is -2.56. The number of para-hydroxylation sites is 1. The van der Waals surface area contributed by atoms with Crippen LogP contribution in [0.3, 0.4) is 0 Å². The SMILES string of the molecule is COc1ccc(NC(C(=O)N[C@@H](Cc2ccccc2)C(=O)N(C)[C@@H](Cc2c[nH]c3ccccc23)C(=O)O)C2CCCCC2)cc1. The van der Waals surface area contributed by atoms with Crippen molar-refractivity contribution < 1.29 is 24.2 Å². The number of aromatic amines is 1. The van der Waals surface area contributed by atoms with Crippen molar-refractivity contribution in [2.24, 2.45) is 5.92 Å². The van der Waals surface area contributed by atoms with Crippen LogP contribution in [0.4, 0.5) is 5.69 Å². The number of hydrogen-bond acceptors (Lipinski definition) is 5. The maximum atomic E-state index is 14.2. The summed E-state index contributed by atoms with van der Waals surface area (Å²) in [6.07, 6.45) is 7.19. The van der Waals surface area contributed by atoms with Crippen molar-refractivity contribution in [2.75, 3.05) is 19.5 Å². The van der Waals surface area contributed by atoms with Gasteiger partial charge in [0.2, 0.25) is 11.8 Å². The maximum Gasteiger partial charge on any atom is 0.326 e. The summed E-state index contributed by atoms with van der Waals surface area (Å²) in [5.41, 5.74) is 3.36. The molecule has 5 rings (SSSR count). The number of carboxylic acids is 1. The molecule has 1 saturated carbocycles. The molecular weight excluding hydrogens is 568 g/mol. The van der Waals surface area contributed by atoms with Gasteiger partial charge in [0.1, 0.15) is 23.9 Å². The first kappa shape index (κ1) is 31.6. The highest BCUT2D eigenvalue weighted by Crippen LogP contribution is 2.29. The number of amides is 2. The highest BCUT2D eigenvalue weighted by atomic mass is 16.5. The van der Waals surface area contributed by atoms with Crippen LogP contribution in [-0.4, -0.2) is 65.1 Å². The van der Waals surface area contributed by atoms with Gasteiger partial charge in [-0.05, 0) is 60.2 Å². The Bertz CT molecular complexity index is 1580. The summed E-state index contributed by atoms with van der Waals surface area (Å²) in [6, 6.07) is 21.9. The van der Waals surface area contributed by atoms with Gasteiger partial charge in [-0.3, -0.25) is 9.59 Å². The molecule has 45 heavy (non-hydrogen) atoms. The second-order valence-corrected chi connectivity index (χ2v) is 11.9. The van der Waals surface area contributed by atoms with E-state index in [4.69, 9.17) is 4.74 Å². The van der Waals surface area contributed by atoms with Gasteiger partial charge in [0, 0.05) is 42.7 Å². The van der Waals surface area contributed by atoms with Gasteiger partial charge in [-0.25, -0.2) is 4.79 Å². The normalized spacial score (nSPS) is 15.5. The number of methoxy groups -OCH3 is 1. The Morgan fingerprint density at radius 1 is 0.933 bits per heavy atom. The van der Waals surface area contributed by atoms with Gasteiger partial charge in [-0.2, -0.15) is 0 Å². The molecule has 0 bridgehead atoms. The van der Waals surface area contributed by atoms with E-state index in [-0.39, 0.29) is 24.7 Å². The van der Waals surface area contributed by atoms with Gasteiger partial charge in [-0.1, -0.05) is 67.8 Å². The minimum absolute atomic E-state index is 0.0969. The quantitative estimate of drug-likeness (QED) is 0.160. The fraction of sp³-hybridized carbons (Fsp3) is 0.361. The van der Waals surface area contributed by atoms with E-state index in [1.807, 2.05) is 78.9 Å². The summed E-state index contributed by atoms with van der Waals surface area (Å²) >= 11 is 0. The molecule has 1 unspecified atom stereocenters. The van der Waals surface area contributed by atoms with Gasteiger partial charge in [-0.15, -0.1) is 0 Å². The van der Waals surface area contributed by atoms with Gasteiger partial charge in [0.15, 0.2) is 0 Å². The second kappa shape index (κ2) is 14.8. The standard InChI is InChI=1S/C36H42N4O5/c1-40(32(36(43)44)22-26-23-37-30-16-10-9-15-29(26)30)35(42)31(21-24-11-5-3-6-12-24)39-34(41)33(25-13-7-4-8-14-25)38-27-17-19-28(45-2)20-18-27/h3,5-6,9-12,15-20,23,25,31-33,37-38H,4,7-8,13-14,21-22H2,1-2H3,(H,39,41)(H,43,44)/t31-,32-,33?/m0/s1. The highest BCUT2D eigenvalue weighted by molar-refractivity contribution is 5.93. The molecule has 3 aromatic carbocycles. The molecular formula is C36H42N4O5. The summed E-state index contributed by atoms with van der Waals surface area (Å²) in [7, 11) is 3.12. The van der Waals surface area contributed by atoms with Gasteiger partial charge < -0.3 is 30.4 Å². The molecule has 4 aromatic rings. The number of likely N-dealkylation sites (N-methyl/N-ethyl adjacent to an activating group) is 1. The lowest BCUT2D eigenvalue weighted by atomic mass is 9.83. The number of ether oxygens (including phenoxy) is 1. The number of carbonyl (C=O) groups is 3. The number of nitrogens with one attached hydrogen (secondary N) is 3. The van der Waals surface area contributed by atoms with Crippen molar-refractivity contribution in [1.82, 2.24) is 15.2 Å². The molecule has 0 spiro atoms. The van der Waals surface area contributed by atoms with E-state index in [1.165, 1.54) is 11.9 Å². The van der Waals surface area contributed by atoms with E-state index >= 15 is 0 Å². The molecule has 0 aliphatic heterocycles. The van der Waals surface area contributed by atoms with Gasteiger partial charge in [0.25, 0.3) is 0 Å². The van der Waals surface area contributed by atoms with Crippen molar-refractivity contribution >= 4 is 34.4 Å². The second-order valence-electron chi connectivity index (χ2n) is 11.9. The first-order valence-corrected chi connectivity index (χ1v) is 15.6. The van der Waals surface area contributed by atoms with Crippen LogP contribution in [0.25, 0.3) is 10.9 Å². The Balaban J connectivity index is 1.40. The average Bonchev–Trinajstić information content (AvgIpc) is 3.49. The third-order valence-corrected chi connectivity index (χ3v) is 8.90. The lowest BCUT2D eigenvalue weighted by molar-refractivity contribution is -0.150. The van der Waals surface area contributed by atoms with Gasteiger partial charge >= 0.3 is 5.97 Å². The van der Waals surface area contributed by atoms with Crippen molar-refractivity contribution in [1.29, 1.82) is 0 Å². The van der Waals surface area contributed by atoms with Crippen molar-refractivity contribution in [3.05, 3.63) is 96.2 Å². The van der Waals surface area contributed by atoms with E-state index in [0.717, 1.165) is 65.6 Å². The first-order valence-electron chi connectivity index (χ1n) is 15.6. The molecule has 0 saturated heterocycles. The van der Waals surface area contributed by atoms with E-state index in [0.29, 0.717) is 0 Å². The van der Waals surface area contributed by atoms with Crippen LogP contribution in [0.1, 0.15) is 43.2 Å². The largest absolute Gasteiger partial charge is 0.497 e. The molecule has 236 valence electrons. The van der Waals surface area contributed by atoms with E-state index < -0.39 is 30.0 Å². The summed E-state index contributed by atoms with van der Waals surface area (Å²) in [6.45, 7) is 0. The number of nitrogens with zero attached hydrogens (tertiary/aromatic N) is 1. The molecule has 3 atom stereocenters. The van der Waals surface area contributed by atoms with Crippen LogP contribution in [-0.2, 0) is 27.2 Å². The predicted octanol–water partition coefficient (Wildman–Crippen LogP) is 5.42. The Labute approximate surface area is 264 Å². The number of carbonyl (C=O) groups excluding carboxylic acids is 2. The highest BCUT2D eigenvalue weighted by Gasteiger charge is 2.36. The van der Waals surface area contributed by atoms with Crippen LogP contribution in [0, 0.1) is 5.92 Å². The Morgan fingerprint density at radius 3 is 2.31 bits per heavy atom.